The Morgan fingerprint density at radius 3 is 2.47 bits per heavy atom. The van der Waals surface area contributed by atoms with Crippen LogP contribution in [0.5, 0.6) is 0 Å². The normalized spacial score (nSPS) is 16.4. The standard InChI is InChI=1S/C24H29N5O/c1-17(27-24(30)29(3)19-10-12-28(2)13-11-19)20-8-9-21(18-14-25-16-26-15-18)23-7-5-4-6-22(20)23/h4-9,14-17,19H,10-13H2,1-3H3,(H,27,30). The van der Waals surface area contributed by atoms with Crippen molar-refractivity contribution in [1.29, 1.82) is 0 Å². The third-order valence-corrected chi connectivity index (χ3v) is 6.19. The number of nitrogens with one attached hydrogen (secondary N) is 1. The van der Waals surface area contributed by atoms with E-state index in [1.807, 2.05) is 43.4 Å². The van der Waals surface area contributed by atoms with Crippen molar-refractivity contribution in [1.82, 2.24) is 25.1 Å². The van der Waals surface area contributed by atoms with Gasteiger partial charge in [-0.25, -0.2) is 14.8 Å². The number of aromatic nitrogens is 2. The van der Waals surface area contributed by atoms with Crippen molar-refractivity contribution in [2.24, 2.45) is 0 Å². The Kier molecular flexibility index (Phi) is 5.95. The Morgan fingerprint density at radius 1 is 1.10 bits per heavy atom. The van der Waals surface area contributed by atoms with Crippen molar-refractivity contribution in [3.63, 3.8) is 0 Å². The lowest BCUT2D eigenvalue weighted by molar-refractivity contribution is 0.146. The Labute approximate surface area is 177 Å². The highest BCUT2D eigenvalue weighted by Crippen LogP contribution is 2.32. The maximum atomic E-state index is 12.9. The molecule has 2 heterocycles. The number of carbonyl (C=O) groups is 1. The summed E-state index contributed by atoms with van der Waals surface area (Å²) in [4.78, 5) is 25.4. The van der Waals surface area contributed by atoms with E-state index in [-0.39, 0.29) is 12.1 Å². The van der Waals surface area contributed by atoms with Gasteiger partial charge in [0.15, 0.2) is 0 Å². The molecule has 1 aromatic heterocycles. The average Bonchev–Trinajstić information content (AvgIpc) is 2.79. The third kappa shape index (κ3) is 4.14. The van der Waals surface area contributed by atoms with Gasteiger partial charge in [0.2, 0.25) is 0 Å². The number of piperidine rings is 1. The fourth-order valence-corrected chi connectivity index (χ4v) is 4.30. The number of carbonyl (C=O) groups excluding carboxylic acids is 1. The number of fused-ring (bicyclic) bond motifs is 1. The second-order valence-electron chi connectivity index (χ2n) is 8.19. The number of hydrogen-bond acceptors (Lipinski definition) is 4. The lowest BCUT2D eigenvalue weighted by Gasteiger charge is -2.35. The Morgan fingerprint density at radius 2 is 1.77 bits per heavy atom. The van der Waals surface area contributed by atoms with Crippen LogP contribution in [0.4, 0.5) is 4.79 Å². The molecule has 0 bridgehead atoms. The van der Waals surface area contributed by atoms with E-state index in [0.717, 1.165) is 53.4 Å². The van der Waals surface area contributed by atoms with E-state index in [0.29, 0.717) is 6.04 Å². The highest BCUT2D eigenvalue weighted by molar-refractivity contribution is 5.98. The quantitative estimate of drug-likeness (QED) is 0.713. The molecular formula is C24H29N5O. The first-order chi connectivity index (χ1) is 14.5. The van der Waals surface area contributed by atoms with Gasteiger partial charge in [-0.2, -0.15) is 0 Å². The van der Waals surface area contributed by atoms with E-state index in [1.54, 1.807) is 6.33 Å². The minimum Gasteiger partial charge on any atom is -0.331 e. The van der Waals surface area contributed by atoms with E-state index < -0.39 is 0 Å². The van der Waals surface area contributed by atoms with Crippen LogP contribution < -0.4 is 5.32 Å². The number of nitrogens with zero attached hydrogens (tertiary/aromatic N) is 4. The molecule has 1 fully saturated rings. The first kappa shape index (κ1) is 20.3. The van der Waals surface area contributed by atoms with E-state index in [9.17, 15) is 4.79 Å². The van der Waals surface area contributed by atoms with Crippen LogP contribution in [0.15, 0.2) is 55.1 Å². The Hall–Kier alpha value is -2.99. The SMILES string of the molecule is CC(NC(=O)N(C)C1CCN(C)CC1)c1ccc(-c2cncnc2)c2ccccc12. The van der Waals surface area contributed by atoms with Crippen molar-refractivity contribution in [2.75, 3.05) is 27.2 Å². The number of benzene rings is 2. The number of rotatable bonds is 4. The van der Waals surface area contributed by atoms with E-state index in [2.05, 4.69) is 51.5 Å². The molecule has 1 unspecified atom stereocenters. The molecular weight excluding hydrogens is 374 g/mol. The molecule has 1 aliphatic rings. The monoisotopic (exact) mass is 403 g/mol. The molecule has 2 amide bonds. The zero-order valence-electron chi connectivity index (χ0n) is 17.9. The molecule has 3 aromatic rings. The van der Waals surface area contributed by atoms with Crippen molar-refractivity contribution < 1.29 is 4.79 Å². The lowest BCUT2D eigenvalue weighted by Crippen LogP contribution is -2.48. The molecule has 2 aromatic carbocycles. The van der Waals surface area contributed by atoms with Gasteiger partial charge in [-0.3, -0.25) is 0 Å². The number of urea groups is 1. The molecule has 1 atom stereocenters. The maximum Gasteiger partial charge on any atom is 0.317 e. The molecule has 6 heteroatoms. The lowest BCUT2D eigenvalue weighted by atomic mass is 9.93. The van der Waals surface area contributed by atoms with Gasteiger partial charge in [-0.1, -0.05) is 36.4 Å². The van der Waals surface area contributed by atoms with Gasteiger partial charge in [0.25, 0.3) is 0 Å². The predicted octanol–water partition coefficient (Wildman–Crippen LogP) is 4.09. The number of amides is 2. The van der Waals surface area contributed by atoms with Gasteiger partial charge in [-0.15, -0.1) is 0 Å². The Balaban J connectivity index is 1.56. The first-order valence-electron chi connectivity index (χ1n) is 10.5. The molecule has 0 aliphatic carbocycles. The fraction of sp³-hybridized carbons (Fsp3) is 0.375. The first-order valence-corrected chi connectivity index (χ1v) is 10.5. The van der Waals surface area contributed by atoms with Crippen LogP contribution in [0.25, 0.3) is 21.9 Å². The van der Waals surface area contributed by atoms with Crippen molar-refractivity contribution >= 4 is 16.8 Å². The molecule has 0 radical (unpaired) electrons. The summed E-state index contributed by atoms with van der Waals surface area (Å²) in [6, 6.07) is 12.7. The summed E-state index contributed by atoms with van der Waals surface area (Å²) in [6.07, 6.45) is 7.24. The maximum absolute atomic E-state index is 12.9. The molecule has 6 nitrogen and oxygen atoms in total. The van der Waals surface area contributed by atoms with Crippen molar-refractivity contribution in [2.45, 2.75) is 31.8 Å². The van der Waals surface area contributed by atoms with E-state index in [4.69, 9.17) is 0 Å². The van der Waals surface area contributed by atoms with Crippen LogP contribution in [0.1, 0.15) is 31.4 Å². The summed E-state index contributed by atoms with van der Waals surface area (Å²) in [5.74, 6) is 0. The van der Waals surface area contributed by atoms with Crippen molar-refractivity contribution in [3.05, 3.63) is 60.7 Å². The minimum absolute atomic E-state index is 0.0123. The van der Waals surface area contributed by atoms with Crippen LogP contribution in [0.2, 0.25) is 0 Å². The summed E-state index contributed by atoms with van der Waals surface area (Å²) in [6.45, 7) is 4.12. The van der Waals surface area contributed by atoms with Crippen LogP contribution in [0, 0.1) is 0 Å². The number of likely N-dealkylation sites (tertiary alicyclic amines) is 1. The van der Waals surface area contributed by atoms with Crippen LogP contribution >= 0.6 is 0 Å². The number of hydrogen-bond donors (Lipinski definition) is 1. The van der Waals surface area contributed by atoms with Gasteiger partial charge in [-0.05, 0) is 61.8 Å². The zero-order valence-corrected chi connectivity index (χ0v) is 17.9. The summed E-state index contributed by atoms with van der Waals surface area (Å²) < 4.78 is 0. The second kappa shape index (κ2) is 8.79. The molecule has 30 heavy (non-hydrogen) atoms. The molecule has 1 aliphatic heterocycles. The molecule has 1 N–H and O–H groups in total. The minimum atomic E-state index is -0.0998. The average molecular weight is 404 g/mol. The largest absolute Gasteiger partial charge is 0.331 e. The highest BCUT2D eigenvalue weighted by atomic mass is 16.2. The topological polar surface area (TPSA) is 61.4 Å². The van der Waals surface area contributed by atoms with Gasteiger partial charge in [0.1, 0.15) is 6.33 Å². The van der Waals surface area contributed by atoms with E-state index in [1.165, 1.54) is 0 Å². The van der Waals surface area contributed by atoms with Gasteiger partial charge >= 0.3 is 6.03 Å². The second-order valence-corrected chi connectivity index (χ2v) is 8.19. The van der Waals surface area contributed by atoms with E-state index >= 15 is 0 Å². The molecule has 0 spiro atoms. The summed E-state index contributed by atoms with van der Waals surface area (Å²) in [5, 5.41) is 5.47. The van der Waals surface area contributed by atoms with Gasteiger partial charge < -0.3 is 15.1 Å². The smallest absolute Gasteiger partial charge is 0.317 e. The third-order valence-electron chi connectivity index (χ3n) is 6.19. The molecule has 4 rings (SSSR count). The van der Waals surface area contributed by atoms with Crippen LogP contribution in [-0.4, -0.2) is 59.0 Å². The predicted molar refractivity (Wildman–Crippen MR) is 120 cm³/mol. The van der Waals surface area contributed by atoms with Gasteiger partial charge in [0.05, 0.1) is 6.04 Å². The summed E-state index contributed by atoms with van der Waals surface area (Å²) in [5.41, 5.74) is 3.19. The highest BCUT2D eigenvalue weighted by Gasteiger charge is 2.25. The molecule has 156 valence electrons. The molecule has 1 saturated heterocycles. The van der Waals surface area contributed by atoms with Crippen LogP contribution in [0.3, 0.4) is 0 Å². The molecule has 0 saturated carbocycles. The zero-order chi connectivity index (χ0) is 21.1. The van der Waals surface area contributed by atoms with Crippen molar-refractivity contribution in [3.8, 4) is 11.1 Å². The summed E-state index contributed by atoms with van der Waals surface area (Å²) in [7, 11) is 4.04. The Bertz CT molecular complexity index is 1010. The van der Waals surface area contributed by atoms with Gasteiger partial charge in [0, 0.05) is 31.0 Å². The summed E-state index contributed by atoms with van der Waals surface area (Å²) >= 11 is 0. The fourth-order valence-electron chi connectivity index (χ4n) is 4.30. The van der Waals surface area contributed by atoms with Crippen LogP contribution in [-0.2, 0) is 0 Å².